The summed E-state index contributed by atoms with van der Waals surface area (Å²) >= 11 is 0. The minimum Gasteiger partial charge on any atom is -0.394 e. The monoisotopic (exact) mass is 458 g/mol. The van der Waals surface area contributed by atoms with Crippen molar-refractivity contribution in [3.63, 3.8) is 0 Å². The summed E-state index contributed by atoms with van der Waals surface area (Å²) in [5.74, 6) is -0.307. The van der Waals surface area contributed by atoms with Crippen LogP contribution in [0, 0.1) is 0 Å². The van der Waals surface area contributed by atoms with E-state index in [1.54, 1.807) is 0 Å². The standard InChI is InChI=1S/C9H14N2O5.C9H12N2O5/c2*12-4-6-5(13)3-8(16-6)11-2-1-7(14)10-9(11)15/h5-6,8,12-13H,1-4H2,(H,10,14,15);1-2,5-6,8,12-13H,3-4H2,(H,10,14,15)/t2*5?,6-,8-/m11/s1. The van der Waals surface area contributed by atoms with Gasteiger partial charge in [-0.25, -0.2) is 9.59 Å². The Hall–Kier alpha value is -2.62. The van der Waals surface area contributed by atoms with Gasteiger partial charge in [-0.15, -0.1) is 0 Å². The number of aliphatic hydroxyl groups is 4. The minimum atomic E-state index is -0.811. The molecule has 1 aromatic rings. The summed E-state index contributed by atoms with van der Waals surface area (Å²) in [7, 11) is 0. The van der Waals surface area contributed by atoms with Crippen molar-refractivity contribution in [1.82, 2.24) is 19.8 Å². The third-order valence-corrected chi connectivity index (χ3v) is 5.36. The van der Waals surface area contributed by atoms with Crippen LogP contribution in [0.5, 0.6) is 0 Å². The number of carbonyl (C=O) groups excluding carboxylic acids is 2. The maximum absolute atomic E-state index is 11.5. The molecule has 4 rings (SSSR count). The molecule has 1 aromatic heterocycles. The van der Waals surface area contributed by atoms with E-state index in [9.17, 15) is 29.4 Å². The Morgan fingerprint density at radius 1 is 0.969 bits per heavy atom. The lowest BCUT2D eigenvalue weighted by Gasteiger charge is -2.31. The Morgan fingerprint density at radius 3 is 2.09 bits per heavy atom. The average molecular weight is 458 g/mol. The van der Waals surface area contributed by atoms with Gasteiger partial charge in [-0.05, 0) is 0 Å². The quantitative estimate of drug-likeness (QED) is 0.263. The summed E-state index contributed by atoms with van der Waals surface area (Å²) in [4.78, 5) is 48.1. The molecule has 6 N–H and O–H groups in total. The molecule has 0 aromatic carbocycles. The van der Waals surface area contributed by atoms with Gasteiger partial charge in [0, 0.05) is 38.1 Å². The first kappa shape index (κ1) is 24.0. The molecule has 3 fully saturated rings. The number of carbonyl (C=O) groups is 2. The van der Waals surface area contributed by atoms with E-state index in [1.165, 1.54) is 21.7 Å². The summed E-state index contributed by atoms with van der Waals surface area (Å²) in [6.45, 7) is -0.317. The number of nitrogens with zero attached hydrogens (tertiary/aromatic N) is 2. The summed E-state index contributed by atoms with van der Waals surface area (Å²) in [6, 6.07) is 0.690. The number of aromatic nitrogens is 2. The van der Waals surface area contributed by atoms with E-state index in [0.717, 1.165) is 0 Å². The fraction of sp³-hybridized carbons (Fsp3) is 0.667. The van der Waals surface area contributed by atoms with E-state index in [2.05, 4.69) is 10.3 Å². The van der Waals surface area contributed by atoms with Crippen molar-refractivity contribution in [2.24, 2.45) is 0 Å². The van der Waals surface area contributed by atoms with Gasteiger partial charge >= 0.3 is 11.7 Å². The maximum atomic E-state index is 11.5. The highest BCUT2D eigenvalue weighted by atomic mass is 16.5. The molecule has 3 saturated heterocycles. The first-order chi connectivity index (χ1) is 15.2. The lowest BCUT2D eigenvalue weighted by Crippen LogP contribution is -2.53. The van der Waals surface area contributed by atoms with Gasteiger partial charge in [-0.2, -0.15) is 0 Å². The molecule has 14 heteroatoms. The Kier molecular flexibility index (Phi) is 7.76. The van der Waals surface area contributed by atoms with Gasteiger partial charge in [0.25, 0.3) is 5.56 Å². The van der Waals surface area contributed by atoms with E-state index in [1.807, 2.05) is 0 Å². The second kappa shape index (κ2) is 10.3. The Bertz CT molecular complexity index is 933. The van der Waals surface area contributed by atoms with Gasteiger partial charge in [0.2, 0.25) is 5.91 Å². The largest absolute Gasteiger partial charge is 0.394 e. The van der Waals surface area contributed by atoms with Crippen LogP contribution in [0.25, 0.3) is 0 Å². The van der Waals surface area contributed by atoms with Crippen LogP contribution in [-0.4, -0.2) is 97.2 Å². The highest BCUT2D eigenvalue weighted by molar-refractivity contribution is 5.96. The Morgan fingerprint density at radius 2 is 1.56 bits per heavy atom. The number of nitrogens with one attached hydrogen (secondary N) is 2. The van der Waals surface area contributed by atoms with E-state index in [0.29, 0.717) is 0 Å². The molecule has 4 heterocycles. The first-order valence-corrected chi connectivity index (χ1v) is 10.0. The second-order valence-electron chi connectivity index (χ2n) is 7.54. The molecule has 2 unspecified atom stereocenters. The van der Waals surface area contributed by atoms with Crippen LogP contribution in [0.3, 0.4) is 0 Å². The summed E-state index contributed by atoms with van der Waals surface area (Å²) in [5, 5.41) is 39.0. The zero-order chi connectivity index (χ0) is 23.4. The van der Waals surface area contributed by atoms with Crippen molar-refractivity contribution in [2.75, 3.05) is 19.8 Å². The van der Waals surface area contributed by atoms with Gasteiger partial charge in [-0.1, -0.05) is 0 Å². The van der Waals surface area contributed by atoms with Crippen molar-refractivity contribution >= 4 is 11.9 Å². The number of hydrogen-bond donors (Lipinski definition) is 6. The molecule has 3 aliphatic heterocycles. The molecule has 0 saturated carbocycles. The smallest absolute Gasteiger partial charge is 0.330 e. The third kappa shape index (κ3) is 5.40. The number of aromatic amines is 1. The predicted octanol–water partition coefficient (Wildman–Crippen LogP) is -3.43. The molecule has 0 radical (unpaired) electrons. The number of ether oxygens (including phenoxy) is 2. The van der Waals surface area contributed by atoms with Crippen molar-refractivity contribution in [2.45, 2.75) is 56.1 Å². The molecule has 3 aliphatic rings. The molecule has 14 nitrogen and oxygen atoms in total. The summed E-state index contributed by atoms with van der Waals surface area (Å²) in [5.41, 5.74) is -1.08. The molecule has 3 amide bonds. The molecular formula is C18H26N4O10. The Labute approximate surface area is 181 Å². The van der Waals surface area contributed by atoms with Crippen molar-refractivity contribution in [3.05, 3.63) is 33.1 Å². The van der Waals surface area contributed by atoms with Gasteiger partial charge in [0.05, 0.1) is 25.4 Å². The van der Waals surface area contributed by atoms with Crippen molar-refractivity contribution in [1.29, 1.82) is 0 Å². The fourth-order valence-corrected chi connectivity index (χ4v) is 3.63. The van der Waals surface area contributed by atoms with E-state index < -0.39 is 54.2 Å². The molecule has 0 aliphatic carbocycles. The van der Waals surface area contributed by atoms with Crippen LogP contribution < -0.4 is 16.6 Å². The molecule has 6 atom stereocenters. The lowest BCUT2D eigenvalue weighted by atomic mass is 10.2. The molecule has 0 bridgehead atoms. The number of urea groups is 1. The third-order valence-electron chi connectivity index (χ3n) is 5.36. The van der Waals surface area contributed by atoms with Crippen LogP contribution in [0.2, 0.25) is 0 Å². The SMILES string of the molecule is O=C1CCN([C@H]2CC(O)[C@@H](CO)O2)C(=O)N1.O=c1ccn([C@H]2CC(O)[C@@H](CO)O2)c(=O)[nH]1. The molecule has 0 spiro atoms. The van der Waals surface area contributed by atoms with Crippen LogP contribution in [0.15, 0.2) is 21.9 Å². The average Bonchev–Trinajstić information content (AvgIpc) is 3.30. The topological polar surface area (TPSA) is 204 Å². The highest BCUT2D eigenvalue weighted by Gasteiger charge is 2.40. The zero-order valence-electron chi connectivity index (χ0n) is 17.0. The van der Waals surface area contributed by atoms with Crippen LogP contribution in [0.1, 0.15) is 25.5 Å². The fourth-order valence-electron chi connectivity index (χ4n) is 3.63. The summed E-state index contributed by atoms with van der Waals surface area (Å²) < 4.78 is 11.8. The first-order valence-electron chi connectivity index (χ1n) is 10.0. The number of aliphatic hydroxyl groups excluding tert-OH is 4. The second-order valence-corrected chi connectivity index (χ2v) is 7.54. The highest BCUT2D eigenvalue weighted by Crippen LogP contribution is 2.27. The molecular weight excluding hydrogens is 432 g/mol. The summed E-state index contributed by atoms with van der Waals surface area (Å²) in [6.07, 6.45) is -2.17. The molecule has 32 heavy (non-hydrogen) atoms. The number of H-pyrrole nitrogens is 1. The lowest BCUT2D eigenvalue weighted by molar-refractivity contribution is -0.123. The Balaban J connectivity index is 0.000000181. The van der Waals surface area contributed by atoms with Gasteiger partial charge in [-0.3, -0.25) is 29.4 Å². The van der Waals surface area contributed by atoms with E-state index in [4.69, 9.17) is 19.7 Å². The van der Waals surface area contributed by atoms with E-state index >= 15 is 0 Å². The zero-order valence-corrected chi connectivity index (χ0v) is 17.0. The maximum Gasteiger partial charge on any atom is 0.330 e. The number of amides is 3. The van der Waals surface area contributed by atoms with Crippen LogP contribution >= 0.6 is 0 Å². The molecule has 178 valence electrons. The van der Waals surface area contributed by atoms with Gasteiger partial charge in [0.15, 0.2) is 0 Å². The van der Waals surface area contributed by atoms with Gasteiger partial charge < -0.3 is 29.9 Å². The predicted molar refractivity (Wildman–Crippen MR) is 104 cm³/mol. The minimum absolute atomic E-state index is 0.206. The van der Waals surface area contributed by atoms with Crippen LogP contribution in [0.4, 0.5) is 4.79 Å². The number of rotatable bonds is 4. The van der Waals surface area contributed by atoms with Crippen molar-refractivity contribution < 1.29 is 39.5 Å². The van der Waals surface area contributed by atoms with Crippen LogP contribution in [-0.2, 0) is 14.3 Å². The number of hydrogen-bond acceptors (Lipinski definition) is 10. The van der Waals surface area contributed by atoms with Gasteiger partial charge in [0.1, 0.15) is 24.7 Å². The normalized spacial score (nSPS) is 32.4. The van der Waals surface area contributed by atoms with Crippen molar-refractivity contribution in [3.8, 4) is 0 Å². The number of imide groups is 1. The van der Waals surface area contributed by atoms with E-state index in [-0.39, 0.29) is 44.9 Å².